The topological polar surface area (TPSA) is 123 Å². The number of oxime groups is 1. The molecule has 0 saturated heterocycles. The number of rotatable bonds is 7. The summed E-state index contributed by atoms with van der Waals surface area (Å²) in [6.07, 6.45) is -0.384. The molecule has 0 radical (unpaired) electrons. The van der Waals surface area contributed by atoms with Gasteiger partial charge in [-0.05, 0) is 38.5 Å². The molecule has 1 unspecified atom stereocenters. The Kier molecular flexibility index (Phi) is 7.50. The Morgan fingerprint density at radius 1 is 1.32 bits per heavy atom. The molecule has 25 heavy (non-hydrogen) atoms. The maximum Gasteiger partial charge on any atom is 0.408 e. The van der Waals surface area contributed by atoms with Crippen LogP contribution in [0.4, 0.5) is 4.79 Å². The number of carboxylic acid groups (broad SMARTS) is 1. The first-order chi connectivity index (χ1) is 11.6. The van der Waals surface area contributed by atoms with Crippen LogP contribution in [-0.4, -0.2) is 41.3 Å². The van der Waals surface area contributed by atoms with Gasteiger partial charge in [-0.3, -0.25) is 0 Å². The highest BCUT2D eigenvalue weighted by Crippen LogP contribution is 2.12. The van der Waals surface area contributed by atoms with E-state index in [2.05, 4.69) is 15.3 Å². The number of halogens is 1. The van der Waals surface area contributed by atoms with E-state index in [1.54, 1.807) is 45.0 Å². The van der Waals surface area contributed by atoms with Crippen molar-refractivity contribution in [2.45, 2.75) is 38.8 Å². The van der Waals surface area contributed by atoms with Gasteiger partial charge in [0.15, 0.2) is 5.84 Å². The molecule has 0 aromatic heterocycles. The van der Waals surface area contributed by atoms with E-state index in [-0.39, 0.29) is 5.84 Å². The fourth-order valence-corrected chi connectivity index (χ4v) is 1.89. The number of carboxylic acids is 1. The Bertz CT molecular complexity index is 626. The fourth-order valence-electron chi connectivity index (χ4n) is 1.76. The van der Waals surface area contributed by atoms with Crippen LogP contribution >= 0.6 is 11.6 Å². The first kappa shape index (κ1) is 20.6. The van der Waals surface area contributed by atoms with Gasteiger partial charge in [0.05, 0.1) is 6.04 Å². The number of nitrogens with two attached hydrogens (primary N) is 1. The minimum atomic E-state index is -1.19. The van der Waals surface area contributed by atoms with E-state index in [0.717, 1.165) is 5.56 Å². The number of aliphatic carboxylic acids is 1. The second kappa shape index (κ2) is 9.12. The number of carbonyl (C=O) groups excluding carboxylic acids is 1. The number of amides is 1. The number of alkyl carbamates (subject to hydrolysis) is 1. The summed E-state index contributed by atoms with van der Waals surface area (Å²) in [4.78, 5) is 27.1. The molecule has 0 heterocycles. The number of nitrogens with zero attached hydrogens (tertiary/aromatic N) is 1. The van der Waals surface area contributed by atoms with Gasteiger partial charge in [0, 0.05) is 11.4 Å². The van der Waals surface area contributed by atoms with Crippen molar-refractivity contribution in [2.75, 3.05) is 6.61 Å². The summed E-state index contributed by atoms with van der Waals surface area (Å²) in [6.45, 7) is 4.55. The molecule has 0 fully saturated rings. The standard InChI is InChI=1S/C16H22ClN3O5/c1-16(2,3)25-15(23)19-12(14(18)20-24-9-13(21)22)8-10-4-6-11(17)7-5-10/h4-7,12H,8-9H2,1-3H3,(H2,18,20)(H,19,23)(H,21,22). The van der Waals surface area contributed by atoms with Gasteiger partial charge in [-0.15, -0.1) is 0 Å². The Labute approximate surface area is 150 Å². The second-order valence-electron chi connectivity index (χ2n) is 6.21. The summed E-state index contributed by atoms with van der Waals surface area (Å²) in [5, 5.41) is 15.3. The smallest absolute Gasteiger partial charge is 0.408 e. The summed E-state index contributed by atoms with van der Waals surface area (Å²) in [6, 6.07) is 6.21. The Morgan fingerprint density at radius 2 is 1.92 bits per heavy atom. The highest BCUT2D eigenvalue weighted by molar-refractivity contribution is 6.30. The van der Waals surface area contributed by atoms with Crippen LogP contribution < -0.4 is 11.1 Å². The van der Waals surface area contributed by atoms with Crippen LogP contribution in [0.5, 0.6) is 0 Å². The van der Waals surface area contributed by atoms with E-state index < -0.39 is 30.3 Å². The zero-order chi connectivity index (χ0) is 19.0. The van der Waals surface area contributed by atoms with Crippen molar-refractivity contribution < 1.29 is 24.3 Å². The fraction of sp³-hybridized carbons (Fsp3) is 0.438. The van der Waals surface area contributed by atoms with E-state index in [9.17, 15) is 9.59 Å². The number of benzene rings is 1. The number of hydrogen-bond donors (Lipinski definition) is 3. The van der Waals surface area contributed by atoms with Crippen LogP contribution in [0, 0.1) is 0 Å². The maximum atomic E-state index is 12.0. The largest absolute Gasteiger partial charge is 0.479 e. The number of carbonyl (C=O) groups is 2. The van der Waals surface area contributed by atoms with Crippen LogP contribution in [0.15, 0.2) is 29.4 Å². The van der Waals surface area contributed by atoms with Crippen LogP contribution in [0.25, 0.3) is 0 Å². The van der Waals surface area contributed by atoms with E-state index in [1.165, 1.54) is 0 Å². The van der Waals surface area contributed by atoms with Gasteiger partial charge in [0.1, 0.15) is 5.60 Å². The molecule has 0 saturated carbocycles. The predicted octanol–water partition coefficient (Wildman–Crippen LogP) is 2.15. The lowest BCUT2D eigenvalue weighted by atomic mass is 10.1. The third-order valence-corrected chi connectivity index (χ3v) is 3.01. The lowest BCUT2D eigenvalue weighted by Gasteiger charge is -2.23. The van der Waals surface area contributed by atoms with E-state index in [0.29, 0.717) is 11.4 Å². The zero-order valence-corrected chi connectivity index (χ0v) is 15.0. The predicted molar refractivity (Wildman–Crippen MR) is 93.5 cm³/mol. The Balaban J connectivity index is 2.86. The molecule has 4 N–H and O–H groups in total. The Morgan fingerprint density at radius 3 is 2.44 bits per heavy atom. The van der Waals surface area contributed by atoms with Gasteiger partial charge >= 0.3 is 12.1 Å². The van der Waals surface area contributed by atoms with E-state index in [4.69, 9.17) is 27.2 Å². The van der Waals surface area contributed by atoms with Crippen molar-refractivity contribution in [1.29, 1.82) is 0 Å². The molecule has 0 aliphatic carbocycles. The molecular weight excluding hydrogens is 350 g/mol. The third-order valence-electron chi connectivity index (χ3n) is 2.76. The average Bonchev–Trinajstić information content (AvgIpc) is 2.46. The van der Waals surface area contributed by atoms with Gasteiger partial charge in [0.2, 0.25) is 6.61 Å². The molecule has 9 heteroatoms. The highest BCUT2D eigenvalue weighted by Gasteiger charge is 2.22. The van der Waals surface area contributed by atoms with E-state index >= 15 is 0 Å². The first-order valence-electron chi connectivity index (χ1n) is 7.48. The van der Waals surface area contributed by atoms with Crippen molar-refractivity contribution >= 4 is 29.5 Å². The summed E-state index contributed by atoms with van der Waals surface area (Å²) in [5.41, 5.74) is 5.98. The summed E-state index contributed by atoms with van der Waals surface area (Å²) < 4.78 is 5.20. The molecule has 138 valence electrons. The lowest BCUT2D eigenvalue weighted by molar-refractivity contribution is -0.142. The number of ether oxygens (including phenoxy) is 1. The lowest BCUT2D eigenvalue weighted by Crippen LogP contribution is -2.47. The number of nitrogens with one attached hydrogen (secondary N) is 1. The molecule has 0 aliphatic heterocycles. The summed E-state index contributed by atoms with van der Waals surface area (Å²) in [5.74, 6) is -1.27. The number of amidine groups is 1. The van der Waals surface area contributed by atoms with Gasteiger partial charge in [-0.2, -0.15) is 0 Å². The quantitative estimate of drug-likeness (QED) is 0.383. The van der Waals surface area contributed by atoms with Gasteiger partial charge in [0.25, 0.3) is 0 Å². The third kappa shape index (κ3) is 8.80. The number of hydrogen-bond acceptors (Lipinski definition) is 5. The molecule has 1 aromatic rings. The molecule has 1 aromatic carbocycles. The minimum Gasteiger partial charge on any atom is -0.479 e. The van der Waals surface area contributed by atoms with Crippen molar-refractivity contribution in [3.05, 3.63) is 34.9 Å². The molecule has 0 spiro atoms. The molecule has 0 aliphatic rings. The molecule has 0 bridgehead atoms. The maximum absolute atomic E-state index is 12.0. The van der Waals surface area contributed by atoms with Crippen LogP contribution in [0.1, 0.15) is 26.3 Å². The van der Waals surface area contributed by atoms with E-state index in [1.807, 2.05) is 0 Å². The van der Waals surface area contributed by atoms with Crippen LogP contribution in [0.2, 0.25) is 5.02 Å². The summed E-state index contributed by atoms with van der Waals surface area (Å²) >= 11 is 5.85. The Hall–Kier alpha value is -2.48. The zero-order valence-electron chi connectivity index (χ0n) is 14.3. The minimum absolute atomic E-state index is 0.0814. The highest BCUT2D eigenvalue weighted by atomic mass is 35.5. The average molecular weight is 372 g/mol. The van der Waals surface area contributed by atoms with Crippen LogP contribution in [0.3, 0.4) is 0 Å². The normalized spacial score (nSPS) is 13.0. The second-order valence-corrected chi connectivity index (χ2v) is 6.65. The van der Waals surface area contributed by atoms with Crippen molar-refractivity contribution in [3.63, 3.8) is 0 Å². The van der Waals surface area contributed by atoms with Gasteiger partial charge < -0.3 is 25.7 Å². The monoisotopic (exact) mass is 371 g/mol. The molecular formula is C16H22ClN3O5. The van der Waals surface area contributed by atoms with Crippen molar-refractivity contribution in [3.8, 4) is 0 Å². The van der Waals surface area contributed by atoms with Crippen molar-refractivity contribution in [2.24, 2.45) is 10.9 Å². The van der Waals surface area contributed by atoms with Gasteiger partial charge in [-0.1, -0.05) is 28.9 Å². The first-order valence-corrected chi connectivity index (χ1v) is 7.85. The summed E-state index contributed by atoms with van der Waals surface area (Å²) in [7, 11) is 0. The molecule has 1 amide bonds. The van der Waals surface area contributed by atoms with Gasteiger partial charge in [-0.25, -0.2) is 9.59 Å². The molecule has 8 nitrogen and oxygen atoms in total. The SMILES string of the molecule is CC(C)(C)OC(=O)NC(Cc1ccc(Cl)cc1)/C(N)=N/OCC(=O)O. The molecule has 1 rings (SSSR count). The van der Waals surface area contributed by atoms with Crippen molar-refractivity contribution in [1.82, 2.24) is 5.32 Å². The molecule has 1 atom stereocenters. The van der Waals surface area contributed by atoms with Crippen LogP contribution in [-0.2, 0) is 20.8 Å².